The molecule has 0 aliphatic heterocycles. The molecule has 1 fully saturated rings. The quantitative estimate of drug-likeness (QED) is 0.714. The van der Waals surface area contributed by atoms with E-state index >= 15 is 0 Å². The van der Waals surface area contributed by atoms with Crippen molar-refractivity contribution < 1.29 is 0 Å². The van der Waals surface area contributed by atoms with E-state index in [2.05, 4.69) is 50.4 Å². The zero-order valence-electron chi connectivity index (χ0n) is 12.8. The lowest BCUT2D eigenvalue weighted by atomic mass is 9.57. The first kappa shape index (κ1) is 14.6. The first-order valence-electron chi connectivity index (χ1n) is 7.98. The summed E-state index contributed by atoms with van der Waals surface area (Å²) in [4.78, 5) is 0. The molecule has 19 heavy (non-hydrogen) atoms. The van der Waals surface area contributed by atoms with Gasteiger partial charge in [-0.1, -0.05) is 56.5 Å². The average molecular weight is 259 g/mol. The van der Waals surface area contributed by atoms with Crippen LogP contribution in [0.2, 0.25) is 0 Å². The van der Waals surface area contributed by atoms with Crippen LogP contribution in [-0.4, -0.2) is 13.1 Å². The number of nitrogens with one attached hydrogen (secondary N) is 1. The summed E-state index contributed by atoms with van der Waals surface area (Å²) in [5.74, 6) is 0.953. The molecule has 0 unspecified atom stereocenters. The van der Waals surface area contributed by atoms with Crippen molar-refractivity contribution in [3.63, 3.8) is 0 Å². The number of benzene rings is 1. The Morgan fingerprint density at radius 1 is 1.21 bits per heavy atom. The summed E-state index contributed by atoms with van der Waals surface area (Å²) in [7, 11) is 0. The molecule has 0 bridgehead atoms. The van der Waals surface area contributed by atoms with Crippen LogP contribution in [0.25, 0.3) is 0 Å². The van der Waals surface area contributed by atoms with Crippen LogP contribution < -0.4 is 5.32 Å². The summed E-state index contributed by atoms with van der Waals surface area (Å²) in [6.45, 7) is 9.06. The van der Waals surface area contributed by atoms with Crippen molar-refractivity contribution in [3.8, 4) is 0 Å². The fraction of sp³-hybridized carbons (Fsp3) is 0.667. The lowest BCUT2D eigenvalue weighted by Gasteiger charge is -2.49. The maximum Gasteiger partial charge on any atom is 0.00831 e. The molecule has 1 nitrogen and oxygen atoms in total. The first-order valence-corrected chi connectivity index (χ1v) is 7.98. The second-order valence-electron chi connectivity index (χ2n) is 6.39. The minimum Gasteiger partial charge on any atom is -0.316 e. The summed E-state index contributed by atoms with van der Waals surface area (Å²) in [6, 6.07) is 9.16. The van der Waals surface area contributed by atoms with E-state index < -0.39 is 0 Å². The largest absolute Gasteiger partial charge is 0.316 e. The van der Waals surface area contributed by atoms with Crippen molar-refractivity contribution in [2.75, 3.05) is 13.1 Å². The highest BCUT2D eigenvalue weighted by molar-refractivity contribution is 5.33. The highest BCUT2D eigenvalue weighted by Crippen LogP contribution is 2.49. The molecular weight excluding hydrogens is 230 g/mol. The molecule has 1 aromatic carbocycles. The lowest BCUT2D eigenvalue weighted by Crippen LogP contribution is -2.48. The Morgan fingerprint density at radius 3 is 2.63 bits per heavy atom. The van der Waals surface area contributed by atoms with Gasteiger partial charge in [0, 0.05) is 12.0 Å². The molecule has 2 rings (SSSR count). The molecule has 0 heterocycles. The summed E-state index contributed by atoms with van der Waals surface area (Å²) < 4.78 is 0. The van der Waals surface area contributed by atoms with Crippen molar-refractivity contribution in [2.45, 2.75) is 58.3 Å². The molecule has 1 N–H and O–H groups in total. The molecule has 0 radical (unpaired) electrons. The van der Waals surface area contributed by atoms with Gasteiger partial charge in [-0.25, -0.2) is 0 Å². The zero-order chi connectivity index (χ0) is 13.7. The van der Waals surface area contributed by atoms with E-state index in [1.54, 1.807) is 5.56 Å². The molecule has 0 saturated heterocycles. The summed E-state index contributed by atoms with van der Waals surface area (Å²) in [6.07, 6.45) is 6.71. The minimum atomic E-state index is 0.418. The third kappa shape index (κ3) is 3.39. The predicted molar refractivity (Wildman–Crippen MR) is 83.6 cm³/mol. The van der Waals surface area contributed by atoms with Crippen LogP contribution >= 0.6 is 0 Å². The molecule has 0 atom stereocenters. The Hall–Kier alpha value is -0.820. The monoisotopic (exact) mass is 259 g/mol. The molecule has 1 aromatic rings. The van der Waals surface area contributed by atoms with Crippen LogP contribution in [0.4, 0.5) is 0 Å². The number of rotatable bonds is 7. The fourth-order valence-electron chi connectivity index (χ4n) is 3.62. The Morgan fingerprint density at radius 2 is 2.00 bits per heavy atom. The highest BCUT2D eigenvalue weighted by atomic mass is 14.9. The van der Waals surface area contributed by atoms with Crippen LogP contribution in [0.1, 0.15) is 57.1 Å². The van der Waals surface area contributed by atoms with Crippen LogP contribution in [0.3, 0.4) is 0 Å². The van der Waals surface area contributed by atoms with Gasteiger partial charge in [-0.3, -0.25) is 0 Å². The van der Waals surface area contributed by atoms with Crippen molar-refractivity contribution in [2.24, 2.45) is 5.92 Å². The second-order valence-corrected chi connectivity index (χ2v) is 6.39. The van der Waals surface area contributed by atoms with Gasteiger partial charge in [0.05, 0.1) is 0 Å². The Kier molecular flexibility index (Phi) is 5.04. The number of aryl methyl sites for hydroxylation is 1. The molecule has 1 aliphatic rings. The maximum atomic E-state index is 3.66. The van der Waals surface area contributed by atoms with Crippen molar-refractivity contribution >= 4 is 0 Å². The zero-order valence-corrected chi connectivity index (χ0v) is 12.8. The molecule has 1 heteroatoms. The van der Waals surface area contributed by atoms with Gasteiger partial charge in [0.25, 0.3) is 0 Å². The van der Waals surface area contributed by atoms with E-state index in [-0.39, 0.29) is 0 Å². The van der Waals surface area contributed by atoms with E-state index in [4.69, 9.17) is 0 Å². The minimum absolute atomic E-state index is 0.418. The second kappa shape index (κ2) is 6.56. The molecule has 1 aliphatic carbocycles. The van der Waals surface area contributed by atoms with E-state index in [1.165, 1.54) is 37.7 Å². The van der Waals surface area contributed by atoms with E-state index in [0.29, 0.717) is 5.41 Å². The van der Waals surface area contributed by atoms with E-state index in [0.717, 1.165) is 19.0 Å². The van der Waals surface area contributed by atoms with Gasteiger partial charge in [-0.15, -0.1) is 0 Å². The van der Waals surface area contributed by atoms with Crippen LogP contribution in [0.15, 0.2) is 24.3 Å². The van der Waals surface area contributed by atoms with Gasteiger partial charge in [0.1, 0.15) is 0 Å². The lowest BCUT2D eigenvalue weighted by molar-refractivity contribution is 0.129. The van der Waals surface area contributed by atoms with Gasteiger partial charge in [-0.2, -0.15) is 0 Å². The summed E-state index contributed by atoms with van der Waals surface area (Å²) in [5.41, 5.74) is 3.37. The molecule has 106 valence electrons. The number of hydrogen-bond donors (Lipinski definition) is 1. The van der Waals surface area contributed by atoms with E-state index in [1.807, 2.05) is 0 Å². The predicted octanol–water partition coefficient (Wildman–Crippen LogP) is 4.44. The Labute approximate surface area is 118 Å². The Balaban J connectivity index is 2.07. The van der Waals surface area contributed by atoms with Gasteiger partial charge in [0.15, 0.2) is 0 Å². The molecule has 0 amide bonds. The smallest absolute Gasteiger partial charge is 0.00831 e. The van der Waals surface area contributed by atoms with Gasteiger partial charge in [-0.05, 0) is 44.2 Å². The molecule has 0 aromatic heterocycles. The van der Waals surface area contributed by atoms with Gasteiger partial charge < -0.3 is 5.32 Å². The first-order chi connectivity index (χ1) is 9.20. The average Bonchev–Trinajstić information content (AvgIpc) is 2.35. The third-order valence-corrected chi connectivity index (χ3v) is 4.58. The standard InChI is InChI=1S/C18H29N/c1-4-7-16-12-18(13-16,14-19-10-5-2)17-9-6-8-15(3)11-17/h6,8-9,11,16,19H,4-5,7,10,12-14H2,1-3H3. The molecule has 1 saturated carbocycles. The fourth-order valence-corrected chi connectivity index (χ4v) is 3.62. The topological polar surface area (TPSA) is 12.0 Å². The van der Waals surface area contributed by atoms with Crippen LogP contribution in [-0.2, 0) is 5.41 Å². The van der Waals surface area contributed by atoms with Gasteiger partial charge >= 0.3 is 0 Å². The maximum absolute atomic E-state index is 3.66. The van der Waals surface area contributed by atoms with Crippen LogP contribution in [0, 0.1) is 12.8 Å². The Bertz CT molecular complexity index is 385. The summed E-state index contributed by atoms with van der Waals surface area (Å²) in [5, 5.41) is 3.66. The number of hydrogen-bond acceptors (Lipinski definition) is 1. The third-order valence-electron chi connectivity index (χ3n) is 4.58. The van der Waals surface area contributed by atoms with E-state index in [9.17, 15) is 0 Å². The van der Waals surface area contributed by atoms with Crippen molar-refractivity contribution in [1.29, 1.82) is 0 Å². The van der Waals surface area contributed by atoms with Gasteiger partial charge in [0.2, 0.25) is 0 Å². The normalized spacial score (nSPS) is 26.2. The SMILES string of the molecule is CCCNCC1(c2cccc(C)c2)CC(CCC)C1. The molecular formula is C18H29N. The molecule has 0 spiro atoms. The highest BCUT2D eigenvalue weighted by Gasteiger charge is 2.44. The summed E-state index contributed by atoms with van der Waals surface area (Å²) >= 11 is 0. The van der Waals surface area contributed by atoms with Crippen molar-refractivity contribution in [1.82, 2.24) is 5.32 Å². The van der Waals surface area contributed by atoms with Crippen molar-refractivity contribution in [3.05, 3.63) is 35.4 Å². The van der Waals surface area contributed by atoms with Crippen LogP contribution in [0.5, 0.6) is 0 Å².